The Morgan fingerprint density at radius 2 is 2.11 bits per heavy atom. The third-order valence-electron chi connectivity index (χ3n) is 3.41. The number of nitrogens with two attached hydrogens (primary N) is 1. The Morgan fingerprint density at radius 1 is 1.44 bits per heavy atom. The molecule has 3 nitrogen and oxygen atoms in total. The lowest BCUT2D eigenvalue weighted by atomic mass is 9.86. The second-order valence-electron chi connectivity index (χ2n) is 5.86. The summed E-state index contributed by atoms with van der Waals surface area (Å²) >= 11 is 0. The van der Waals surface area contributed by atoms with Crippen molar-refractivity contribution in [3.05, 3.63) is 29.6 Å². The molecule has 1 aromatic carbocycles. The maximum atomic E-state index is 13.3. The first-order valence-electron chi connectivity index (χ1n) is 6.16. The normalized spacial score (nSPS) is 16.6. The molecule has 1 amide bonds. The van der Waals surface area contributed by atoms with E-state index in [0.717, 1.165) is 12.0 Å². The molecular formula is C14H19FN2O. The molecule has 0 aliphatic carbocycles. The number of carbonyl (C=O) groups is 1. The Hall–Kier alpha value is -1.42. The predicted molar refractivity (Wildman–Crippen MR) is 69.9 cm³/mol. The molecule has 1 heterocycles. The highest BCUT2D eigenvalue weighted by atomic mass is 19.1. The first-order valence-corrected chi connectivity index (χ1v) is 6.16. The molecule has 0 fully saturated rings. The summed E-state index contributed by atoms with van der Waals surface area (Å²) in [4.78, 5) is 13.9. The lowest BCUT2D eigenvalue weighted by Gasteiger charge is -2.30. The van der Waals surface area contributed by atoms with Crippen LogP contribution in [0.4, 0.5) is 10.1 Å². The molecule has 98 valence electrons. The van der Waals surface area contributed by atoms with Crippen molar-refractivity contribution < 1.29 is 9.18 Å². The van der Waals surface area contributed by atoms with Crippen molar-refractivity contribution in [2.75, 3.05) is 11.4 Å². The van der Waals surface area contributed by atoms with Crippen LogP contribution in [0.3, 0.4) is 0 Å². The molecular weight excluding hydrogens is 231 g/mol. The second-order valence-corrected chi connectivity index (χ2v) is 5.86. The van der Waals surface area contributed by atoms with Crippen LogP contribution in [-0.4, -0.2) is 18.5 Å². The first kappa shape index (κ1) is 13.0. The number of amides is 1. The average molecular weight is 250 g/mol. The number of anilines is 1. The van der Waals surface area contributed by atoms with Crippen molar-refractivity contribution in [3.63, 3.8) is 0 Å². The van der Waals surface area contributed by atoms with Gasteiger partial charge in [-0.05, 0) is 29.5 Å². The third-order valence-corrected chi connectivity index (χ3v) is 3.41. The summed E-state index contributed by atoms with van der Waals surface area (Å²) in [5.74, 6) is -0.454. The highest BCUT2D eigenvalue weighted by Crippen LogP contribution is 2.31. The van der Waals surface area contributed by atoms with Crippen LogP contribution in [0.5, 0.6) is 0 Å². The summed E-state index contributed by atoms with van der Waals surface area (Å²) in [6.45, 7) is 6.37. The molecule has 0 saturated carbocycles. The molecule has 2 rings (SSSR count). The van der Waals surface area contributed by atoms with Gasteiger partial charge in [-0.2, -0.15) is 0 Å². The monoisotopic (exact) mass is 250 g/mol. The molecule has 0 radical (unpaired) electrons. The minimum atomic E-state index is -0.577. The van der Waals surface area contributed by atoms with Crippen LogP contribution in [0.1, 0.15) is 26.3 Å². The van der Waals surface area contributed by atoms with Crippen molar-refractivity contribution in [1.29, 1.82) is 0 Å². The Balaban J connectivity index is 2.28. The summed E-state index contributed by atoms with van der Waals surface area (Å²) in [5, 5.41) is 0. The van der Waals surface area contributed by atoms with Gasteiger partial charge in [-0.15, -0.1) is 0 Å². The quantitative estimate of drug-likeness (QED) is 0.829. The van der Waals surface area contributed by atoms with Gasteiger partial charge in [0.15, 0.2) is 0 Å². The molecule has 1 aromatic rings. The molecule has 4 heteroatoms. The molecule has 1 atom stereocenters. The number of benzene rings is 1. The van der Waals surface area contributed by atoms with Gasteiger partial charge in [-0.1, -0.05) is 26.8 Å². The van der Waals surface area contributed by atoms with E-state index in [1.165, 1.54) is 12.1 Å². The van der Waals surface area contributed by atoms with Crippen LogP contribution in [0.2, 0.25) is 0 Å². The number of fused-ring (bicyclic) bond motifs is 1. The fourth-order valence-electron chi connectivity index (χ4n) is 2.12. The molecule has 0 spiro atoms. The standard InChI is InChI=1S/C14H19FN2O/c1-14(2,3)12(16)13(18)17-7-6-9-4-5-10(15)8-11(9)17/h4-5,8,12H,6-7,16H2,1-3H3/t12-/m1/s1. The zero-order chi connectivity index (χ0) is 13.5. The molecule has 0 bridgehead atoms. The Bertz CT molecular complexity index is 479. The van der Waals surface area contributed by atoms with Gasteiger partial charge in [0.05, 0.1) is 6.04 Å². The third kappa shape index (κ3) is 2.25. The Morgan fingerprint density at radius 3 is 2.72 bits per heavy atom. The van der Waals surface area contributed by atoms with Crippen molar-refractivity contribution in [2.45, 2.75) is 33.2 Å². The summed E-state index contributed by atoms with van der Waals surface area (Å²) in [7, 11) is 0. The van der Waals surface area contributed by atoms with Crippen molar-refractivity contribution in [1.82, 2.24) is 0 Å². The molecule has 2 N–H and O–H groups in total. The van der Waals surface area contributed by atoms with Gasteiger partial charge in [-0.3, -0.25) is 4.79 Å². The van der Waals surface area contributed by atoms with Crippen molar-refractivity contribution in [2.24, 2.45) is 11.1 Å². The van der Waals surface area contributed by atoms with Crippen molar-refractivity contribution in [3.8, 4) is 0 Å². The SMILES string of the molecule is CC(C)(C)[C@H](N)C(=O)N1CCc2ccc(F)cc21. The average Bonchev–Trinajstić information content (AvgIpc) is 2.68. The first-order chi connectivity index (χ1) is 8.30. The number of carbonyl (C=O) groups excluding carboxylic acids is 1. The van der Waals surface area contributed by atoms with Crippen LogP contribution >= 0.6 is 0 Å². The van der Waals surface area contributed by atoms with E-state index in [9.17, 15) is 9.18 Å². The van der Waals surface area contributed by atoms with Gasteiger partial charge in [-0.25, -0.2) is 4.39 Å². The Labute approximate surface area is 107 Å². The summed E-state index contributed by atoms with van der Waals surface area (Å²) in [6, 6.07) is 4.00. The summed E-state index contributed by atoms with van der Waals surface area (Å²) in [6.07, 6.45) is 0.762. The van der Waals surface area contributed by atoms with E-state index >= 15 is 0 Å². The summed E-state index contributed by atoms with van der Waals surface area (Å²) < 4.78 is 13.3. The number of nitrogens with zero attached hydrogens (tertiary/aromatic N) is 1. The van der Waals surface area contributed by atoms with Crippen LogP contribution in [0.25, 0.3) is 0 Å². The predicted octanol–water partition coefficient (Wildman–Crippen LogP) is 2.09. The van der Waals surface area contributed by atoms with Crippen LogP contribution in [-0.2, 0) is 11.2 Å². The molecule has 1 aliphatic heterocycles. The molecule has 18 heavy (non-hydrogen) atoms. The van der Waals surface area contributed by atoms with E-state index in [1.807, 2.05) is 20.8 Å². The van der Waals surface area contributed by atoms with Gasteiger partial charge in [0.2, 0.25) is 5.91 Å². The molecule has 1 aliphatic rings. The highest BCUT2D eigenvalue weighted by Gasteiger charge is 2.34. The van der Waals surface area contributed by atoms with Crippen LogP contribution in [0.15, 0.2) is 18.2 Å². The smallest absolute Gasteiger partial charge is 0.244 e. The van der Waals surface area contributed by atoms with E-state index in [4.69, 9.17) is 5.73 Å². The number of halogens is 1. The zero-order valence-corrected chi connectivity index (χ0v) is 11.0. The van der Waals surface area contributed by atoms with Gasteiger partial charge in [0.25, 0.3) is 0 Å². The maximum absolute atomic E-state index is 13.3. The summed E-state index contributed by atoms with van der Waals surface area (Å²) in [5.41, 5.74) is 7.36. The van der Waals surface area contributed by atoms with Crippen LogP contribution < -0.4 is 10.6 Å². The van der Waals surface area contributed by atoms with E-state index in [1.54, 1.807) is 11.0 Å². The molecule has 0 unspecified atom stereocenters. The zero-order valence-electron chi connectivity index (χ0n) is 11.0. The molecule has 0 aromatic heterocycles. The van der Waals surface area contributed by atoms with Gasteiger partial charge in [0, 0.05) is 12.2 Å². The van der Waals surface area contributed by atoms with E-state index in [0.29, 0.717) is 12.2 Å². The minimum absolute atomic E-state index is 0.133. The minimum Gasteiger partial charge on any atom is -0.319 e. The lowest BCUT2D eigenvalue weighted by Crippen LogP contribution is -2.50. The van der Waals surface area contributed by atoms with Gasteiger partial charge < -0.3 is 10.6 Å². The maximum Gasteiger partial charge on any atom is 0.244 e. The largest absolute Gasteiger partial charge is 0.319 e. The second kappa shape index (κ2) is 4.35. The number of rotatable bonds is 1. The van der Waals surface area contributed by atoms with Crippen molar-refractivity contribution >= 4 is 11.6 Å². The Kier molecular flexibility index (Phi) is 3.15. The fourth-order valence-corrected chi connectivity index (χ4v) is 2.12. The number of hydrogen-bond acceptors (Lipinski definition) is 2. The number of hydrogen-bond donors (Lipinski definition) is 1. The highest BCUT2D eigenvalue weighted by molar-refractivity contribution is 5.99. The lowest BCUT2D eigenvalue weighted by molar-refractivity contribution is -0.121. The van der Waals surface area contributed by atoms with Gasteiger partial charge in [0.1, 0.15) is 5.82 Å². The van der Waals surface area contributed by atoms with E-state index < -0.39 is 6.04 Å². The van der Waals surface area contributed by atoms with E-state index in [2.05, 4.69) is 0 Å². The topological polar surface area (TPSA) is 46.3 Å². The van der Waals surface area contributed by atoms with Gasteiger partial charge >= 0.3 is 0 Å². The molecule has 0 saturated heterocycles. The van der Waals surface area contributed by atoms with E-state index in [-0.39, 0.29) is 17.1 Å². The fraction of sp³-hybridized carbons (Fsp3) is 0.500. The van der Waals surface area contributed by atoms with Crippen LogP contribution in [0, 0.1) is 11.2 Å².